The minimum Gasteiger partial charge on any atom is -0.396 e. The second-order valence-corrected chi connectivity index (χ2v) is 32.0. The number of nitrogens with one attached hydrogen (secondary N) is 6. The Balaban J connectivity index is 0.000000210. The number of hydrogen-bond acceptors (Lipinski definition) is 18. The lowest BCUT2D eigenvalue weighted by molar-refractivity contribution is 0.0662. The molecule has 6 aromatic heterocycles. The zero-order valence-corrected chi connectivity index (χ0v) is 57.3. The van der Waals surface area contributed by atoms with E-state index in [1.807, 2.05) is 37.3 Å². The first-order valence-corrected chi connectivity index (χ1v) is 36.5. The number of rotatable bonds is 20. The standard InChI is InChI=1S/C26H28N4O4S.C23H28N4O4S.C22H20N4O4S.3H2/c1-16(2)35(33,34)20-9-7-18(8-10-20)23-15-28-25-24(29-23)21(14-27-25)26(32)30-22(11-12-31)19-6-4-5-17(3)13-19;1-14(2)32(30,31)17-9-7-15(8-10-17)19-13-25-22-21(27-19)18(12-24-22)23(29)26-11-16-5-3-4-6-20(16)28;1-14(2)31(28,29)17-10-8-15(9-11-17)19-13-24-21-20(25-19)18(12-23-21)22(27)26-30-16-6-4-3-5-7-16;;;/h4-10,13-16,22,31H,11-12H2,1-3H3,(H,27,28)(H,30,32);7-10,12-14,16,20,28H,3-6,11H2,1-2H3,(H,24,25)(H,26,29);3-14H,1-2H3,(H,23,24)(H,26,27);3*1H. The molecular formula is C71H82N12O12S3. The maximum Gasteiger partial charge on any atom is 0.287 e. The van der Waals surface area contributed by atoms with Crippen LogP contribution in [0.4, 0.5) is 0 Å². The smallest absolute Gasteiger partial charge is 0.287 e. The molecule has 12 rings (SSSR count). The van der Waals surface area contributed by atoms with Gasteiger partial charge in [0.2, 0.25) is 0 Å². The van der Waals surface area contributed by atoms with Gasteiger partial charge in [-0.2, -0.15) is 5.48 Å². The van der Waals surface area contributed by atoms with Gasteiger partial charge in [-0.15, -0.1) is 0 Å². The van der Waals surface area contributed by atoms with Crippen LogP contribution in [0, 0.1) is 12.8 Å². The number of hydrogen-bond donors (Lipinski definition) is 8. The SMILES string of the molecule is CC(C)S(=O)(=O)c1ccc(-c2cnc3[nH]cc(C(=O)NCC4CCCCC4O)c3n2)cc1.CC(C)S(=O)(=O)c1ccc(-c2cnc3[nH]cc(C(=O)NOc4ccccc4)c3n2)cc1.Cc1cccc(C(CCO)NC(=O)c2c[nH]c3ncc(-c4ccc(S(=O)(=O)C(C)C)cc4)nc23)c1.[HH].[HH].[HH]. The molecule has 3 amide bonds. The lowest BCUT2D eigenvalue weighted by atomic mass is 9.86. The van der Waals surface area contributed by atoms with Gasteiger partial charge in [0.05, 0.1) is 94.9 Å². The van der Waals surface area contributed by atoms with Gasteiger partial charge in [-0.3, -0.25) is 14.4 Å². The predicted octanol–water partition coefficient (Wildman–Crippen LogP) is 11.3. The van der Waals surface area contributed by atoms with Crippen LogP contribution in [0.3, 0.4) is 0 Å². The fourth-order valence-corrected chi connectivity index (χ4v) is 14.0. The molecule has 5 aromatic carbocycles. The van der Waals surface area contributed by atoms with Crippen molar-refractivity contribution in [1.82, 2.24) is 61.0 Å². The minimum absolute atomic E-state index is 0. The zero-order chi connectivity index (χ0) is 70.1. The molecule has 11 aromatic rings. The molecule has 24 nitrogen and oxygen atoms in total. The maximum atomic E-state index is 13.2. The Bertz CT molecular complexity index is 5030. The molecule has 1 aliphatic carbocycles. The first-order chi connectivity index (χ1) is 46.8. The van der Waals surface area contributed by atoms with E-state index in [0.717, 1.165) is 36.8 Å². The van der Waals surface area contributed by atoms with Crippen LogP contribution in [0.2, 0.25) is 0 Å². The van der Waals surface area contributed by atoms with Crippen LogP contribution < -0.4 is 21.0 Å². The monoisotopic (exact) mass is 1390 g/mol. The molecule has 0 spiro atoms. The Labute approximate surface area is 571 Å². The summed E-state index contributed by atoms with van der Waals surface area (Å²) in [7, 11) is -10.1. The lowest BCUT2D eigenvalue weighted by Gasteiger charge is -2.27. The third-order valence-corrected chi connectivity index (χ3v) is 23.3. The van der Waals surface area contributed by atoms with Crippen LogP contribution in [0.1, 0.15) is 126 Å². The number of aliphatic hydroxyl groups is 2. The fourth-order valence-electron chi connectivity index (χ4n) is 10.8. The van der Waals surface area contributed by atoms with Gasteiger partial charge in [-0.25, -0.2) is 55.2 Å². The molecule has 516 valence electrons. The van der Waals surface area contributed by atoms with Crippen LogP contribution in [-0.4, -0.2) is 133 Å². The number of sulfone groups is 3. The normalized spacial score (nSPS) is 14.5. The van der Waals surface area contributed by atoms with Gasteiger partial charge in [-0.1, -0.05) is 97.3 Å². The average Bonchev–Trinajstić information content (AvgIpc) is 1.73. The number of aliphatic hydroxyl groups excluding tert-OH is 2. The summed E-state index contributed by atoms with van der Waals surface area (Å²) in [5.74, 6) is -0.501. The molecule has 1 saturated carbocycles. The second kappa shape index (κ2) is 30.6. The quantitative estimate of drug-likeness (QED) is 0.0329. The zero-order valence-electron chi connectivity index (χ0n) is 54.9. The van der Waals surface area contributed by atoms with Crippen molar-refractivity contribution in [3.8, 4) is 39.5 Å². The molecule has 0 aliphatic heterocycles. The molecule has 0 bridgehead atoms. The highest BCUT2D eigenvalue weighted by atomic mass is 32.2. The molecule has 1 aliphatic rings. The highest BCUT2D eigenvalue weighted by Gasteiger charge is 2.27. The van der Waals surface area contributed by atoms with E-state index in [1.54, 1.807) is 170 Å². The molecular weight excluding hydrogens is 1310 g/mol. The Morgan fingerprint density at radius 1 is 0.551 bits per heavy atom. The van der Waals surface area contributed by atoms with Crippen LogP contribution in [0.25, 0.3) is 67.3 Å². The first kappa shape index (κ1) is 70.7. The summed E-state index contributed by atoms with van der Waals surface area (Å²) in [6.07, 6.45) is 13.2. The van der Waals surface area contributed by atoms with Crippen molar-refractivity contribution in [3.05, 3.63) is 192 Å². The molecule has 6 heterocycles. The molecule has 0 radical (unpaired) electrons. The fraction of sp³-hybridized carbons (Fsp3) is 0.282. The number of para-hydroxylation sites is 1. The summed E-state index contributed by atoms with van der Waals surface area (Å²) < 4.78 is 74.1. The number of nitrogens with zero attached hydrogens (tertiary/aromatic N) is 6. The van der Waals surface area contributed by atoms with E-state index >= 15 is 0 Å². The maximum absolute atomic E-state index is 13.2. The summed E-state index contributed by atoms with van der Waals surface area (Å²) in [5, 5.41) is 24.1. The van der Waals surface area contributed by atoms with Gasteiger partial charge >= 0.3 is 0 Å². The highest BCUT2D eigenvalue weighted by Crippen LogP contribution is 2.30. The summed E-state index contributed by atoms with van der Waals surface area (Å²) in [6.45, 7) is 12.2. The Morgan fingerprint density at radius 2 is 0.969 bits per heavy atom. The van der Waals surface area contributed by atoms with Crippen LogP contribution in [-0.2, 0) is 29.5 Å². The van der Waals surface area contributed by atoms with Gasteiger partial charge in [0.25, 0.3) is 17.7 Å². The van der Waals surface area contributed by atoms with Crippen molar-refractivity contribution in [3.63, 3.8) is 0 Å². The van der Waals surface area contributed by atoms with Crippen molar-refractivity contribution >= 4 is 80.7 Å². The molecule has 3 atom stereocenters. The number of fused-ring (bicyclic) bond motifs is 3. The predicted molar refractivity (Wildman–Crippen MR) is 379 cm³/mol. The van der Waals surface area contributed by atoms with Crippen LogP contribution >= 0.6 is 0 Å². The summed E-state index contributed by atoms with van der Waals surface area (Å²) in [4.78, 5) is 80.3. The number of aromatic amines is 3. The molecule has 0 saturated heterocycles. The number of hydroxylamine groups is 1. The molecule has 1 fully saturated rings. The second-order valence-electron chi connectivity index (χ2n) is 24.4. The van der Waals surface area contributed by atoms with E-state index in [1.165, 1.54) is 6.20 Å². The van der Waals surface area contributed by atoms with Crippen LogP contribution in [0.15, 0.2) is 179 Å². The van der Waals surface area contributed by atoms with E-state index < -0.39 is 51.2 Å². The number of aryl methyl sites for hydroxylation is 1. The Hall–Kier alpha value is -10.1. The lowest BCUT2D eigenvalue weighted by Crippen LogP contribution is -2.36. The minimum atomic E-state index is -3.37. The van der Waals surface area contributed by atoms with Gasteiger partial charge < -0.3 is 40.6 Å². The summed E-state index contributed by atoms with van der Waals surface area (Å²) in [6, 6.07) is 35.8. The van der Waals surface area contributed by atoms with Gasteiger partial charge in [0.1, 0.15) is 16.6 Å². The van der Waals surface area contributed by atoms with Crippen molar-refractivity contribution in [1.29, 1.82) is 0 Å². The Kier molecular flexibility index (Phi) is 22.1. The third-order valence-electron chi connectivity index (χ3n) is 16.7. The highest BCUT2D eigenvalue weighted by molar-refractivity contribution is 7.92. The Morgan fingerprint density at radius 3 is 1.38 bits per heavy atom. The summed E-state index contributed by atoms with van der Waals surface area (Å²) in [5.41, 5.74) is 11.7. The molecule has 3 unspecified atom stereocenters. The van der Waals surface area contributed by atoms with Crippen LogP contribution in [0.5, 0.6) is 5.75 Å². The van der Waals surface area contributed by atoms with Crippen molar-refractivity contribution in [2.45, 2.75) is 123 Å². The largest absolute Gasteiger partial charge is 0.396 e. The van der Waals surface area contributed by atoms with Crippen molar-refractivity contribution < 1.29 is 59.0 Å². The number of carbonyl (C=O) groups is 3. The van der Waals surface area contributed by atoms with E-state index in [-0.39, 0.29) is 61.0 Å². The van der Waals surface area contributed by atoms with Crippen molar-refractivity contribution in [2.24, 2.45) is 5.92 Å². The first-order valence-electron chi connectivity index (χ1n) is 31.9. The van der Waals surface area contributed by atoms with Crippen molar-refractivity contribution in [2.75, 3.05) is 13.2 Å². The third kappa shape index (κ3) is 16.2. The van der Waals surface area contributed by atoms with E-state index in [9.17, 15) is 49.9 Å². The molecule has 27 heteroatoms. The molecule has 8 N–H and O–H groups in total. The summed E-state index contributed by atoms with van der Waals surface area (Å²) >= 11 is 0. The van der Waals surface area contributed by atoms with Gasteiger partial charge in [0, 0.05) is 58.6 Å². The number of carbonyl (C=O) groups excluding carboxylic acids is 3. The van der Waals surface area contributed by atoms with Gasteiger partial charge in [0.15, 0.2) is 52.2 Å². The topological polar surface area (TPSA) is 364 Å². The number of amides is 3. The number of H-pyrrole nitrogens is 3. The van der Waals surface area contributed by atoms with E-state index in [4.69, 9.17) is 4.84 Å². The number of aromatic nitrogens is 9. The molecule has 98 heavy (non-hydrogen) atoms. The average molecular weight is 1390 g/mol. The van der Waals surface area contributed by atoms with E-state index in [2.05, 4.69) is 61.0 Å². The number of benzene rings is 5. The van der Waals surface area contributed by atoms with Gasteiger partial charge in [-0.05, 0) is 122 Å². The van der Waals surface area contributed by atoms with E-state index in [0.29, 0.717) is 97.1 Å².